The number of aryl methyl sites for hydroxylation is 1. The molecule has 2 amide bonds. The van der Waals surface area contributed by atoms with Gasteiger partial charge in [-0.25, -0.2) is 4.98 Å². The molecule has 8 nitrogen and oxygen atoms in total. The van der Waals surface area contributed by atoms with Crippen molar-refractivity contribution in [1.82, 2.24) is 9.97 Å². The van der Waals surface area contributed by atoms with Gasteiger partial charge in [0.25, 0.3) is 5.56 Å². The van der Waals surface area contributed by atoms with E-state index in [-0.39, 0.29) is 23.8 Å². The Hall–Kier alpha value is -3.59. The van der Waals surface area contributed by atoms with Gasteiger partial charge in [0.2, 0.25) is 11.8 Å². The number of aromatic nitrogens is 2. The number of amides is 2. The van der Waals surface area contributed by atoms with Crippen LogP contribution in [-0.4, -0.2) is 28.9 Å². The molecule has 0 aliphatic carbocycles. The molecule has 3 N–H and O–H groups in total. The fraction of sp³-hybridized carbons (Fsp3) is 0.217. The lowest BCUT2D eigenvalue weighted by Crippen LogP contribution is -2.23. The first-order valence-corrected chi connectivity index (χ1v) is 10.9. The second kappa shape index (κ2) is 10.6. The van der Waals surface area contributed by atoms with Gasteiger partial charge in [0.15, 0.2) is 5.16 Å². The average Bonchev–Trinajstić information content (AvgIpc) is 2.76. The Kier molecular flexibility index (Phi) is 7.67. The highest BCUT2D eigenvalue weighted by atomic mass is 32.2. The van der Waals surface area contributed by atoms with Crippen LogP contribution in [0.5, 0.6) is 5.75 Å². The maximum Gasteiger partial charge on any atom is 0.255 e. The van der Waals surface area contributed by atoms with Crippen molar-refractivity contribution in [1.29, 1.82) is 0 Å². The van der Waals surface area contributed by atoms with Crippen LogP contribution in [0.2, 0.25) is 0 Å². The van der Waals surface area contributed by atoms with Gasteiger partial charge in [-0.15, -0.1) is 0 Å². The molecule has 0 spiro atoms. The number of carbonyl (C=O) groups excluding carboxylic acids is 2. The summed E-state index contributed by atoms with van der Waals surface area (Å²) in [6, 6.07) is 14.4. The van der Waals surface area contributed by atoms with E-state index in [1.807, 2.05) is 24.3 Å². The monoisotopic (exact) mass is 452 g/mol. The normalized spacial score (nSPS) is 10.5. The molecule has 0 fully saturated rings. The van der Waals surface area contributed by atoms with E-state index in [0.29, 0.717) is 33.5 Å². The topological polar surface area (TPSA) is 113 Å². The molecule has 0 radical (unpaired) electrons. The minimum Gasteiger partial charge on any atom is -0.497 e. The number of ether oxygens (including phenoxy) is 1. The molecule has 3 rings (SSSR count). The van der Waals surface area contributed by atoms with E-state index in [1.165, 1.54) is 18.7 Å². The first kappa shape index (κ1) is 23.1. The van der Waals surface area contributed by atoms with Gasteiger partial charge < -0.3 is 20.4 Å². The fourth-order valence-corrected chi connectivity index (χ4v) is 3.83. The van der Waals surface area contributed by atoms with Gasteiger partial charge in [-0.3, -0.25) is 14.4 Å². The van der Waals surface area contributed by atoms with Crippen molar-refractivity contribution in [2.75, 3.05) is 17.7 Å². The molecule has 0 aliphatic heterocycles. The standard InChI is InChI=1S/C23H24N4O4S/c1-14-20(12-21(29)26-18-9-7-17(8-10-18)25-15(2)28)22(30)27-23(24-14)32-13-16-5-4-6-19(11-16)31-3/h4-11H,12-13H2,1-3H3,(H,25,28)(H,26,29)(H,24,27,30). The summed E-state index contributed by atoms with van der Waals surface area (Å²) in [6.07, 6.45) is -0.0948. The van der Waals surface area contributed by atoms with Crippen LogP contribution in [0.25, 0.3) is 0 Å². The minimum absolute atomic E-state index is 0.0948. The lowest BCUT2D eigenvalue weighted by atomic mass is 10.1. The number of nitrogens with one attached hydrogen (secondary N) is 3. The van der Waals surface area contributed by atoms with Crippen molar-refractivity contribution in [3.63, 3.8) is 0 Å². The van der Waals surface area contributed by atoms with Crippen LogP contribution in [0.4, 0.5) is 11.4 Å². The van der Waals surface area contributed by atoms with Crippen LogP contribution in [0, 0.1) is 6.92 Å². The van der Waals surface area contributed by atoms with Crippen molar-refractivity contribution in [3.8, 4) is 5.75 Å². The van der Waals surface area contributed by atoms with E-state index >= 15 is 0 Å². The van der Waals surface area contributed by atoms with Crippen LogP contribution >= 0.6 is 11.8 Å². The predicted molar refractivity (Wildman–Crippen MR) is 125 cm³/mol. The van der Waals surface area contributed by atoms with Gasteiger partial charge in [0, 0.05) is 35.3 Å². The molecule has 9 heteroatoms. The molecule has 0 unspecified atom stereocenters. The zero-order valence-corrected chi connectivity index (χ0v) is 18.8. The first-order valence-electron chi connectivity index (χ1n) is 9.87. The van der Waals surface area contributed by atoms with E-state index in [0.717, 1.165) is 11.3 Å². The second-order valence-corrected chi connectivity index (χ2v) is 8.02. The van der Waals surface area contributed by atoms with Crippen LogP contribution in [0.1, 0.15) is 23.7 Å². The number of rotatable bonds is 8. The number of anilines is 2. The van der Waals surface area contributed by atoms with E-state index in [2.05, 4.69) is 20.6 Å². The number of aromatic amines is 1. The van der Waals surface area contributed by atoms with Crippen LogP contribution in [0.3, 0.4) is 0 Å². The number of nitrogens with zero attached hydrogens (tertiary/aromatic N) is 1. The Morgan fingerprint density at radius 1 is 1.09 bits per heavy atom. The summed E-state index contributed by atoms with van der Waals surface area (Å²) in [7, 11) is 1.62. The molecule has 32 heavy (non-hydrogen) atoms. The molecule has 1 aromatic heterocycles. The van der Waals surface area contributed by atoms with Crippen molar-refractivity contribution < 1.29 is 14.3 Å². The van der Waals surface area contributed by atoms with Gasteiger partial charge in [-0.2, -0.15) is 0 Å². The number of methoxy groups -OCH3 is 1. The van der Waals surface area contributed by atoms with Gasteiger partial charge in [0.1, 0.15) is 5.75 Å². The molecule has 1 heterocycles. The molecule has 0 bridgehead atoms. The minimum atomic E-state index is -0.332. The number of benzene rings is 2. The molecule has 0 saturated carbocycles. The average molecular weight is 453 g/mol. The third kappa shape index (κ3) is 6.45. The smallest absolute Gasteiger partial charge is 0.255 e. The van der Waals surface area contributed by atoms with E-state index < -0.39 is 0 Å². The molecule has 3 aromatic rings. The molecule has 166 valence electrons. The third-order valence-electron chi connectivity index (χ3n) is 4.54. The maximum absolute atomic E-state index is 12.6. The number of thioether (sulfide) groups is 1. The Morgan fingerprint density at radius 2 is 1.78 bits per heavy atom. The van der Waals surface area contributed by atoms with Gasteiger partial charge in [0.05, 0.1) is 13.5 Å². The maximum atomic E-state index is 12.6. The second-order valence-electron chi connectivity index (χ2n) is 7.06. The summed E-state index contributed by atoms with van der Waals surface area (Å²) in [6.45, 7) is 3.14. The highest BCUT2D eigenvalue weighted by Crippen LogP contribution is 2.22. The Bertz CT molecular complexity index is 1180. The first-order chi connectivity index (χ1) is 15.3. The summed E-state index contributed by atoms with van der Waals surface area (Å²) in [5, 5.41) is 5.90. The van der Waals surface area contributed by atoms with Gasteiger partial charge >= 0.3 is 0 Å². The van der Waals surface area contributed by atoms with Crippen molar-refractivity contribution in [2.45, 2.75) is 31.2 Å². The molecular weight excluding hydrogens is 428 g/mol. The largest absolute Gasteiger partial charge is 0.497 e. The summed E-state index contributed by atoms with van der Waals surface area (Å²) in [5.41, 5.74) is 2.75. The van der Waals surface area contributed by atoms with Crippen molar-refractivity contribution in [2.24, 2.45) is 0 Å². The molecular formula is C23H24N4O4S. The highest BCUT2D eigenvalue weighted by molar-refractivity contribution is 7.98. The lowest BCUT2D eigenvalue weighted by Gasteiger charge is -2.09. The van der Waals surface area contributed by atoms with Crippen molar-refractivity contribution in [3.05, 3.63) is 75.7 Å². The predicted octanol–water partition coefficient (Wildman–Crippen LogP) is 3.52. The number of carbonyl (C=O) groups is 2. The molecule has 2 aromatic carbocycles. The van der Waals surface area contributed by atoms with Crippen LogP contribution < -0.4 is 20.9 Å². The fourth-order valence-electron chi connectivity index (χ4n) is 2.98. The summed E-state index contributed by atoms with van der Waals surface area (Å²) < 4.78 is 5.22. The highest BCUT2D eigenvalue weighted by Gasteiger charge is 2.13. The van der Waals surface area contributed by atoms with Crippen LogP contribution in [-0.2, 0) is 21.8 Å². The summed E-state index contributed by atoms with van der Waals surface area (Å²) >= 11 is 1.40. The number of hydrogen-bond acceptors (Lipinski definition) is 6. The van der Waals surface area contributed by atoms with Crippen LogP contribution in [0.15, 0.2) is 58.5 Å². The van der Waals surface area contributed by atoms with Gasteiger partial charge in [-0.05, 0) is 48.9 Å². The molecule has 0 aliphatic rings. The SMILES string of the molecule is COc1cccc(CSc2nc(C)c(CC(=O)Nc3ccc(NC(C)=O)cc3)c(=O)[nH]2)c1. The quantitative estimate of drug-likeness (QED) is 0.356. The summed E-state index contributed by atoms with van der Waals surface area (Å²) in [4.78, 5) is 43.3. The van der Waals surface area contributed by atoms with E-state index in [1.54, 1.807) is 38.3 Å². The zero-order valence-electron chi connectivity index (χ0n) is 18.0. The third-order valence-corrected chi connectivity index (χ3v) is 5.48. The van der Waals surface area contributed by atoms with E-state index in [9.17, 15) is 14.4 Å². The lowest BCUT2D eigenvalue weighted by molar-refractivity contribution is -0.116. The van der Waals surface area contributed by atoms with Crippen molar-refractivity contribution >= 4 is 35.0 Å². The molecule has 0 saturated heterocycles. The summed E-state index contributed by atoms with van der Waals surface area (Å²) in [5.74, 6) is 0.888. The Balaban J connectivity index is 1.62. The number of H-pyrrole nitrogens is 1. The van der Waals surface area contributed by atoms with Gasteiger partial charge in [-0.1, -0.05) is 23.9 Å². The van der Waals surface area contributed by atoms with E-state index in [4.69, 9.17) is 4.74 Å². The Labute approximate surface area is 189 Å². The zero-order chi connectivity index (χ0) is 23.1. The molecule has 0 atom stereocenters. The Morgan fingerprint density at radius 3 is 2.41 bits per heavy atom. The number of hydrogen-bond donors (Lipinski definition) is 3.